The molecule has 0 saturated carbocycles. The SMILES string of the molecule is CSc1ccc(COC2CNCC(OCc3ccc(SC)cc3)C2)cc1. The fourth-order valence-corrected chi connectivity index (χ4v) is 3.81. The summed E-state index contributed by atoms with van der Waals surface area (Å²) in [5.74, 6) is 0. The third kappa shape index (κ3) is 6.03. The molecule has 3 nitrogen and oxygen atoms in total. The average molecular weight is 390 g/mol. The van der Waals surface area contributed by atoms with E-state index in [0.29, 0.717) is 13.2 Å². The molecule has 2 unspecified atom stereocenters. The quantitative estimate of drug-likeness (QED) is 0.667. The topological polar surface area (TPSA) is 30.5 Å². The fraction of sp³-hybridized carbons (Fsp3) is 0.429. The highest BCUT2D eigenvalue weighted by Gasteiger charge is 2.22. The van der Waals surface area contributed by atoms with E-state index < -0.39 is 0 Å². The third-order valence-corrected chi connectivity index (χ3v) is 6.05. The number of benzene rings is 2. The van der Waals surface area contributed by atoms with Crippen LogP contribution in [0.3, 0.4) is 0 Å². The minimum atomic E-state index is 0.202. The molecule has 2 aromatic carbocycles. The molecule has 2 atom stereocenters. The lowest BCUT2D eigenvalue weighted by molar-refractivity contribution is -0.0463. The molecule has 1 fully saturated rings. The standard InChI is InChI=1S/C21H27NO2S2/c1-25-20-7-3-16(4-8-20)14-23-18-11-19(13-22-12-18)24-15-17-5-9-21(26-2)10-6-17/h3-10,18-19,22H,11-15H2,1-2H3. The van der Waals surface area contributed by atoms with Gasteiger partial charge in [0.15, 0.2) is 0 Å². The summed E-state index contributed by atoms with van der Waals surface area (Å²) in [6, 6.07) is 17.2. The Morgan fingerprint density at radius 2 is 1.19 bits per heavy atom. The number of thioether (sulfide) groups is 2. The average Bonchev–Trinajstić information content (AvgIpc) is 2.72. The maximum atomic E-state index is 6.10. The van der Waals surface area contributed by atoms with E-state index in [1.165, 1.54) is 20.9 Å². The van der Waals surface area contributed by atoms with Crippen molar-refractivity contribution >= 4 is 23.5 Å². The summed E-state index contributed by atoms with van der Waals surface area (Å²) in [6.07, 6.45) is 5.53. The van der Waals surface area contributed by atoms with Crippen LogP contribution in [0.1, 0.15) is 17.5 Å². The van der Waals surface area contributed by atoms with Crippen LogP contribution >= 0.6 is 23.5 Å². The second-order valence-electron chi connectivity index (χ2n) is 6.46. The Morgan fingerprint density at radius 1 is 0.769 bits per heavy atom. The Hall–Kier alpha value is -0.980. The van der Waals surface area contributed by atoms with Crippen LogP contribution in [0.5, 0.6) is 0 Å². The molecule has 1 N–H and O–H groups in total. The molecular formula is C21H27NO2S2. The second-order valence-corrected chi connectivity index (χ2v) is 8.22. The van der Waals surface area contributed by atoms with Gasteiger partial charge in [0.1, 0.15) is 0 Å². The van der Waals surface area contributed by atoms with E-state index in [0.717, 1.165) is 19.5 Å². The van der Waals surface area contributed by atoms with Gasteiger partial charge in [-0.2, -0.15) is 0 Å². The minimum Gasteiger partial charge on any atom is -0.372 e. The zero-order valence-electron chi connectivity index (χ0n) is 15.4. The van der Waals surface area contributed by atoms with Gasteiger partial charge in [0.25, 0.3) is 0 Å². The van der Waals surface area contributed by atoms with E-state index >= 15 is 0 Å². The van der Waals surface area contributed by atoms with Crippen LogP contribution in [0.25, 0.3) is 0 Å². The highest BCUT2D eigenvalue weighted by Crippen LogP contribution is 2.19. The number of hydrogen-bond acceptors (Lipinski definition) is 5. The van der Waals surface area contributed by atoms with Crippen molar-refractivity contribution in [3.05, 3.63) is 59.7 Å². The van der Waals surface area contributed by atoms with Crippen molar-refractivity contribution in [1.82, 2.24) is 5.32 Å². The van der Waals surface area contributed by atoms with E-state index in [4.69, 9.17) is 9.47 Å². The first-order chi connectivity index (χ1) is 12.8. The molecule has 140 valence electrons. The van der Waals surface area contributed by atoms with Crippen molar-refractivity contribution in [3.63, 3.8) is 0 Å². The molecule has 1 heterocycles. The summed E-state index contributed by atoms with van der Waals surface area (Å²) < 4.78 is 12.2. The molecule has 5 heteroatoms. The first kappa shape index (κ1) is 19.8. The number of piperidine rings is 1. The molecule has 0 aromatic heterocycles. The molecular weight excluding hydrogens is 362 g/mol. The molecule has 26 heavy (non-hydrogen) atoms. The van der Waals surface area contributed by atoms with Gasteiger partial charge in [-0.15, -0.1) is 23.5 Å². The Kier molecular flexibility index (Phi) is 7.89. The van der Waals surface area contributed by atoms with E-state index in [9.17, 15) is 0 Å². The van der Waals surface area contributed by atoms with Crippen molar-refractivity contribution in [1.29, 1.82) is 0 Å². The highest BCUT2D eigenvalue weighted by atomic mass is 32.2. The molecule has 1 aliphatic rings. The lowest BCUT2D eigenvalue weighted by atomic mass is 10.1. The van der Waals surface area contributed by atoms with Gasteiger partial charge in [0, 0.05) is 29.3 Å². The van der Waals surface area contributed by atoms with Gasteiger partial charge in [0.2, 0.25) is 0 Å². The predicted octanol–water partition coefficient (Wildman–Crippen LogP) is 4.59. The monoisotopic (exact) mass is 389 g/mol. The smallest absolute Gasteiger partial charge is 0.0729 e. The summed E-state index contributed by atoms with van der Waals surface area (Å²) in [5.41, 5.74) is 2.44. The maximum Gasteiger partial charge on any atom is 0.0729 e. The molecule has 0 bridgehead atoms. The zero-order chi connectivity index (χ0) is 18.2. The predicted molar refractivity (Wildman–Crippen MR) is 111 cm³/mol. The Bertz CT molecular complexity index is 603. The van der Waals surface area contributed by atoms with Gasteiger partial charge in [-0.25, -0.2) is 0 Å². The maximum absolute atomic E-state index is 6.10. The molecule has 3 rings (SSSR count). The van der Waals surface area contributed by atoms with Gasteiger partial charge in [-0.1, -0.05) is 24.3 Å². The summed E-state index contributed by atoms with van der Waals surface area (Å²) in [7, 11) is 0. The van der Waals surface area contributed by atoms with Crippen molar-refractivity contribution < 1.29 is 9.47 Å². The Morgan fingerprint density at radius 3 is 1.58 bits per heavy atom. The molecule has 2 aromatic rings. The molecule has 1 saturated heterocycles. The van der Waals surface area contributed by atoms with Crippen molar-refractivity contribution in [2.75, 3.05) is 25.6 Å². The number of ether oxygens (including phenoxy) is 2. The highest BCUT2D eigenvalue weighted by molar-refractivity contribution is 7.98. The van der Waals surface area contributed by atoms with Crippen LogP contribution in [-0.4, -0.2) is 37.8 Å². The minimum absolute atomic E-state index is 0.202. The number of nitrogens with one attached hydrogen (secondary N) is 1. The first-order valence-electron chi connectivity index (χ1n) is 8.96. The van der Waals surface area contributed by atoms with E-state index in [-0.39, 0.29) is 12.2 Å². The largest absolute Gasteiger partial charge is 0.372 e. The van der Waals surface area contributed by atoms with E-state index in [1.54, 1.807) is 23.5 Å². The molecule has 1 aliphatic heterocycles. The first-order valence-corrected chi connectivity index (χ1v) is 11.4. The van der Waals surface area contributed by atoms with Crippen molar-refractivity contribution in [2.45, 2.75) is 41.6 Å². The normalized spacial score (nSPS) is 20.2. The number of hydrogen-bond donors (Lipinski definition) is 1. The Labute approximate surface area is 165 Å². The van der Waals surface area contributed by atoms with Gasteiger partial charge in [-0.3, -0.25) is 0 Å². The summed E-state index contributed by atoms with van der Waals surface area (Å²) in [5, 5.41) is 3.44. The number of rotatable bonds is 8. The van der Waals surface area contributed by atoms with Gasteiger partial charge < -0.3 is 14.8 Å². The summed E-state index contributed by atoms with van der Waals surface area (Å²) >= 11 is 3.52. The van der Waals surface area contributed by atoms with Crippen LogP contribution < -0.4 is 5.32 Å². The van der Waals surface area contributed by atoms with Crippen LogP contribution in [0.4, 0.5) is 0 Å². The summed E-state index contributed by atoms with van der Waals surface area (Å²) in [4.78, 5) is 2.57. The van der Waals surface area contributed by atoms with Crippen molar-refractivity contribution in [2.24, 2.45) is 0 Å². The third-order valence-electron chi connectivity index (χ3n) is 4.56. The zero-order valence-corrected chi connectivity index (χ0v) is 17.1. The van der Waals surface area contributed by atoms with Crippen LogP contribution in [-0.2, 0) is 22.7 Å². The lowest BCUT2D eigenvalue weighted by Crippen LogP contribution is -2.44. The van der Waals surface area contributed by atoms with E-state index in [1.807, 2.05) is 0 Å². The summed E-state index contributed by atoms with van der Waals surface area (Å²) in [6.45, 7) is 3.10. The van der Waals surface area contributed by atoms with E-state index in [2.05, 4.69) is 66.4 Å². The van der Waals surface area contributed by atoms with Crippen LogP contribution in [0.15, 0.2) is 58.3 Å². The molecule has 0 radical (unpaired) electrons. The fourth-order valence-electron chi connectivity index (χ4n) is 2.99. The van der Waals surface area contributed by atoms with Crippen LogP contribution in [0.2, 0.25) is 0 Å². The van der Waals surface area contributed by atoms with Gasteiger partial charge in [0.05, 0.1) is 25.4 Å². The van der Waals surface area contributed by atoms with Gasteiger partial charge in [-0.05, 0) is 47.9 Å². The lowest BCUT2D eigenvalue weighted by Gasteiger charge is -2.30. The van der Waals surface area contributed by atoms with Gasteiger partial charge >= 0.3 is 0 Å². The Balaban J connectivity index is 1.42. The molecule has 0 spiro atoms. The molecule has 0 amide bonds. The molecule has 0 aliphatic carbocycles. The second kappa shape index (κ2) is 10.4. The van der Waals surface area contributed by atoms with Crippen LogP contribution in [0, 0.1) is 0 Å². The van der Waals surface area contributed by atoms with Crippen molar-refractivity contribution in [3.8, 4) is 0 Å².